The van der Waals surface area contributed by atoms with Crippen LogP contribution < -0.4 is 40.0 Å². The maximum absolute atomic E-state index is 11.8. The van der Waals surface area contributed by atoms with Gasteiger partial charge in [0.25, 0.3) is 0 Å². The molecular weight excluding hydrogens is 1380 g/mol. The number of unbranched alkanes of at least 4 members (excludes halogenated alkanes) is 12. The summed E-state index contributed by atoms with van der Waals surface area (Å²) >= 11 is 0. The summed E-state index contributed by atoms with van der Waals surface area (Å²) in [6.45, 7) is 33.6. The minimum atomic E-state index is -1.20. The Balaban J connectivity index is 0.00000137. The molecule has 21 heteroatoms. The molecule has 0 aliphatic heterocycles. The van der Waals surface area contributed by atoms with Crippen molar-refractivity contribution in [3.63, 3.8) is 0 Å². The summed E-state index contributed by atoms with van der Waals surface area (Å²) < 4.78 is 69.7. The molecule has 0 bridgehead atoms. The SMILES string of the molecule is CCCCOCC(COCCCC)(O[O-])c1ccccc1OCCCC.CCCCOCC(COCCCC)(O[O-])c1ccccc1OCCCC.CCCCOCC(COCCCC)(O[O-])c1ccccc1OCCCC.CCCCOCC(COCCCC)(O[O-])c1ccccc1OCCCC.[Ti+4]. The molecular formula is C84H140O20Ti. The van der Waals surface area contributed by atoms with E-state index >= 15 is 0 Å². The van der Waals surface area contributed by atoms with Gasteiger partial charge in [0.05, 0.1) is 79.3 Å². The summed E-state index contributed by atoms with van der Waals surface area (Å²) in [5, 5.41) is 47.4. The molecule has 0 spiro atoms. The van der Waals surface area contributed by atoms with Crippen LogP contribution in [0.3, 0.4) is 0 Å². The molecule has 0 fully saturated rings. The predicted molar refractivity (Wildman–Crippen MR) is 404 cm³/mol. The molecule has 0 aliphatic rings. The largest absolute Gasteiger partial charge is 4.00 e. The molecule has 0 radical (unpaired) electrons. The zero-order chi connectivity index (χ0) is 76.4. The first-order valence-electron chi connectivity index (χ1n) is 39.7. The molecule has 0 heterocycles. The molecule has 20 nitrogen and oxygen atoms in total. The first-order chi connectivity index (χ1) is 50.9. The Morgan fingerprint density at radius 2 is 0.343 bits per heavy atom. The first kappa shape index (κ1) is 101. The zero-order valence-corrected chi connectivity index (χ0v) is 68.6. The molecule has 0 saturated carbocycles. The number of para-hydroxylation sites is 4. The number of hydrogen-bond acceptors (Lipinski definition) is 20. The van der Waals surface area contributed by atoms with Crippen LogP contribution in [0.25, 0.3) is 0 Å². The summed E-state index contributed by atoms with van der Waals surface area (Å²) in [4.78, 5) is 19.0. The van der Waals surface area contributed by atoms with Gasteiger partial charge in [-0.25, -0.2) is 0 Å². The van der Waals surface area contributed by atoms with E-state index in [2.05, 4.69) is 83.1 Å². The second-order valence-electron chi connectivity index (χ2n) is 26.4. The minimum Gasteiger partial charge on any atom is -0.722 e. The van der Waals surface area contributed by atoms with Gasteiger partial charge >= 0.3 is 21.7 Å². The normalized spacial score (nSPS) is 11.6. The van der Waals surface area contributed by atoms with Gasteiger partial charge in [0.1, 0.15) is 45.4 Å². The van der Waals surface area contributed by atoms with Crippen LogP contribution in [-0.4, -0.2) is 132 Å². The molecule has 105 heavy (non-hydrogen) atoms. The zero-order valence-electron chi connectivity index (χ0n) is 67.0. The quantitative estimate of drug-likeness (QED) is 0.0173. The number of hydrogen-bond donors (Lipinski definition) is 0. The maximum Gasteiger partial charge on any atom is 4.00 e. The summed E-state index contributed by atoms with van der Waals surface area (Å²) in [5.41, 5.74) is -2.04. The fraction of sp³-hybridized carbons (Fsp3) is 0.714. The Labute approximate surface area is 649 Å². The second kappa shape index (κ2) is 68.2. The molecule has 0 unspecified atom stereocenters. The van der Waals surface area contributed by atoms with Gasteiger partial charge in [-0.15, -0.1) is 0 Å². The standard InChI is InChI=1S/4C21H36O5.Ti/c4*1-4-7-14-23-17-21(26-22,18-24-15-8-5-2)19-12-10-11-13-20(19)25-16-9-6-3;/h4*10-13,22H,4-9,14-18H2,1-3H3;/q;;;;+4/p-4. The molecule has 0 aromatic heterocycles. The van der Waals surface area contributed by atoms with Crippen LogP contribution in [0.1, 0.15) is 259 Å². The van der Waals surface area contributed by atoms with E-state index in [1.54, 1.807) is 0 Å². The summed E-state index contributed by atoms with van der Waals surface area (Å²) in [6, 6.07) is 30.1. The topological polar surface area (TPSA) is 240 Å². The molecule has 4 rings (SSSR count). The van der Waals surface area contributed by atoms with Crippen molar-refractivity contribution in [3.8, 4) is 23.0 Å². The van der Waals surface area contributed by atoms with Crippen molar-refractivity contribution in [2.24, 2.45) is 0 Å². The van der Waals surface area contributed by atoms with Crippen LogP contribution in [0.4, 0.5) is 0 Å². The Hall–Kier alpha value is -3.85. The average Bonchev–Trinajstić information content (AvgIpc) is 0.827. The van der Waals surface area contributed by atoms with Gasteiger partial charge in [-0.3, -0.25) is 0 Å². The molecule has 4 aromatic carbocycles. The van der Waals surface area contributed by atoms with Crippen molar-refractivity contribution in [2.75, 3.05) is 132 Å². The van der Waals surface area contributed by atoms with E-state index in [0.29, 0.717) is 125 Å². The Morgan fingerprint density at radius 3 is 0.476 bits per heavy atom. The van der Waals surface area contributed by atoms with Gasteiger partial charge < -0.3 is 97.4 Å². The van der Waals surface area contributed by atoms with Crippen LogP contribution in [0.5, 0.6) is 23.0 Å². The summed E-state index contributed by atoms with van der Waals surface area (Å²) in [6.07, 6.45) is 23.9. The van der Waals surface area contributed by atoms with Gasteiger partial charge in [0, 0.05) is 75.1 Å². The van der Waals surface area contributed by atoms with E-state index in [1.165, 1.54) is 0 Å². The van der Waals surface area contributed by atoms with Crippen molar-refractivity contribution in [1.29, 1.82) is 0 Å². The van der Waals surface area contributed by atoms with Gasteiger partial charge in [-0.05, 0) is 101 Å². The first-order valence-corrected chi connectivity index (χ1v) is 39.7. The van der Waals surface area contributed by atoms with Crippen LogP contribution >= 0.6 is 0 Å². The van der Waals surface area contributed by atoms with Gasteiger partial charge in [0.2, 0.25) is 0 Å². The molecule has 0 saturated heterocycles. The fourth-order valence-corrected chi connectivity index (χ4v) is 10.2. The minimum absolute atomic E-state index is 0. The van der Waals surface area contributed by atoms with Crippen LogP contribution in [0.15, 0.2) is 97.1 Å². The van der Waals surface area contributed by atoms with Crippen molar-refractivity contribution in [1.82, 2.24) is 0 Å². The third-order valence-corrected chi connectivity index (χ3v) is 17.0. The maximum atomic E-state index is 11.8. The van der Waals surface area contributed by atoms with E-state index < -0.39 is 22.4 Å². The van der Waals surface area contributed by atoms with Crippen molar-refractivity contribution in [2.45, 2.75) is 260 Å². The molecule has 0 amide bonds. The third kappa shape index (κ3) is 41.7. The van der Waals surface area contributed by atoms with Gasteiger partial charge in [0.15, 0.2) is 0 Å². The van der Waals surface area contributed by atoms with Gasteiger partial charge in [-0.2, -0.15) is 0 Å². The average molecular weight is 1520 g/mol. The Morgan fingerprint density at radius 1 is 0.210 bits per heavy atom. The summed E-state index contributed by atoms with van der Waals surface area (Å²) in [7, 11) is 0. The number of benzene rings is 4. The van der Waals surface area contributed by atoms with Crippen LogP contribution in [0, 0.1) is 0 Å². The Bertz CT molecular complexity index is 2160. The smallest absolute Gasteiger partial charge is 0.722 e. The van der Waals surface area contributed by atoms with Crippen LogP contribution in [0.2, 0.25) is 0 Å². The number of rotatable bonds is 64. The van der Waals surface area contributed by atoms with E-state index in [1.807, 2.05) is 97.1 Å². The fourth-order valence-electron chi connectivity index (χ4n) is 10.2. The van der Waals surface area contributed by atoms with E-state index in [4.69, 9.17) is 76.4 Å². The van der Waals surface area contributed by atoms with Crippen molar-refractivity contribution < 1.29 is 119 Å². The van der Waals surface area contributed by atoms with Gasteiger partial charge in [-0.1, -0.05) is 233 Å². The molecule has 4 aromatic rings. The van der Waals surface area contributed by atoms with E-state index in [0.717, 1.165) is 154 Å². The van der Waals surface area contributed by atoms with E-state index in [-0.39, 0.29) is 74.6 Å². The molecule has 0 aliphatic carbocycles. The summed E-state index contributed by atoms with van der Waals surface area (Å²) in [5.74, 6) is 2.65. The van der Waals surface area contributed by atoms with E-state index in [9.17, 15) is 21.0 Å². The van der Waals surface area contributed by atoms with Crippen molar-refractivity contribution >= 4 is 0 Å². The van der Waals surface area contributed by atoms with Crippen molar-refractivity contribution in [3.05, 3.63) is 119 Å². The monoisotopic (exact) mass is 1520 g/mol. The predicted octanol–water partition coefficient (Wildman–Crippen LogP) is 15.9. The number of ether oxygens (including phenoxy) is 12. The second-order valence-corrected chi connectivity index (χ2v) is 26.4. The molecule has 0 atom stereocenters. The molecule has 600 valence electrons. The Kier molecular flexibility index (Phi) is 65.7. The third-order valence-electron chi connectivity index (χ3n) is 17.0. The van der Waals surface area contributed by atoms with Crippen LogP contribution in [-0.2, 0) is 102 Å². The molecule has 0 N–H and O–H groups in total.